The van der Waals surface area contributed by atoms with Crippen LogP contribution in [0.3, 0.4) is 0 Å². The molecule has 2 rings (SSSR count). The third-order valence-electron chi connectivity index (χ3n) is 3.37. The largest absolute Gasteiger partial charge is 0.350 e. The highest BCUT2D eigenvalue weighted by Gasteiger charge is 2.06. The fourth-order valence-corrected chi connectivity index (χ4v) is 2.08. The van der Waals surface area contributed by atoms with Crippen LogP contribution in [0, 0.1) is 0 Å². The van der Waals surface area contributed by atoms with Gasteiger partial charge in [-0.25, -0.2) is 4.98 Å². The zero-order chi connectivity index (χ0) is 15.8. The first-order chi connectivity index (χ1) is 10.7. The lowest BCUT2D eigenvalue weighted by molar-refractivity contribution is -0.121. The Morgan fingerprint density at radius 2 is 2.05 bits per heavy atom. The summed E-state index contributed by atoms with van der Waals surface area (Å²) in [5.74, 6) is -0.200. The van der Waals surface area contributed by atoms with Crippen LogP contribution < -0.4 is 10.9 Å². The maximum Gasteiger partial charge on any atom is 0.253 e. The molecule has 0 spiro atoms. The van der Waals surface area contributed by atoms with E-state index in [1.54, 1.807) is 0 Å². The summed E-state index contributed by atoms with van der Waals surface area (Å²) in [5, 5.41) is 2.80. The van der Waals surface area contributed by atoms with E-state index in [9.17, 15) is 9.59 Å². The number of unbranched alkanes of at least 4 members (excludes halogenated alkanes) is 1. The molecule has 5 heteroatoms. The van der Waals surface area contributed by atoms with E-state index in [0.717, 1.165) is 30.5 Å². The lowest BCUT2D eigenvalue weighted by atomic mass is 10.2. The number of amides is 1. The molecule has 0 aliphatic carbocycles. The molecule has 0 saturated heterocycles. The van der Waals surface area contributed by atoms with E-state index in [4.69, 9.17) is 0 Å². The van der Waals surface area contributed by atoms with E-state index in [1.165, 1.54) is 17.0 Å². The van der Waals surface area contributed by atoms with E-state index >= 15 is 0 Å². The third-order valence-corrected chi connectivity index (χ3v) is 3.37. The summed E-state index contributed by atoms with van der Waals surface area (Å²) in [4.78, 5) is 28.1. The minimum atomic E-state index is -0.200. The van der Waals surface area contributed by atoms with Crippen molar-refractivity contribution in [1.29, 1.82) is 0 Å². The number of carbonyl (C=O) groups is 1. The number of rotatable bonds is 7. The number of carbonyl (C=O) groups excluding carboxylic acids is 1. The van der Waals surface area contributed by atoms with Gasteiger partial charge in [0.2, 0.25) is 5.91 Å². The van der Waals surface area contributed by atoms with Crippen LogP contribution in [0.1, 0.15) is 31.0 Å². The van der Waals surface area contributed by atoms with Crippen LogP contribution in [0.15, 0.2) is 47.5 Å². The molecule has 2 aromatic rings. The van der Waals surface area contributed by atoms with Gasteiger partial charge in [-0.2, -0.15) is 0 Å². The van der Waals surface area contributed by atoms with Crippen LogP contribution in [0.5, 0.6) is 0 Å². The fraction of sp³-hybridized carbons (Fsp3) is 0.353. The van der Waals surface area contributed by atoms with Crippen LogP contribution >= 0.6 is 0 Å². The monoisotopic (exact) mass is 299 g/mol. The molecule has 1 N–H and O–H groups in total. The molecule has 116 valence electrons. The van der Waals surface area contributed by atoms with Crippen molar-refractivity contribution in [3.63, 3.8) is 0 Å². The first kappa shape index (κ1) is 15.9. The number of hydrogen-bond donors (Lipinski definition) is 1. The Labute approximate surface area is 130 Å². The van der Waals surface area contributed by atoms with Crippen molar-refractivity contribution in [3.05, 3.63) is 64.3 Å². The molecule has 0 aliphatic rings. The number of benzene rings is 1. The predicted octanol–water partition coefficient (Wildman–Crippen LogP) is 1.90. The Morgan fingerprint density at radius 3 is 2.73 bits per heavy atom. The van der Waals surface area contributed by atoms with Gasteiger partial charge in [-0.15, -0.1) is 0 Å². The van der Waals surface area contributed by atoms with Crippen molar-refractivity contribution in [3.8, 4) is 0 Å². The molecule has 1 amide bonds. The second kappa shape index (κ2) is 8.12. The Hall–Kier alpha value is -2.43. The highest BCUT2D eigenvalue weighted by Crippen LogP contribution is 1.99. The van der Waals surface area contributed by atoms with Gasteiger partial charge >= 0.3 is 0 Å². The minimum Gasteiger partial charge on any atom is -0.350 e. The van der Waals surface area contributed by atoms with Crippen LogP contribution in [0.2, 0.25) is 0 Å². The Balaban J connectivity index is 1.90. The summed E-state index contributed by atoms with van der Waals surface area (Å²) in [5.41, 5.74) is 1.62. The number of nitrogens with zero attached hydrogens (tertiary/aromatic N) is 2. The van der Waals surface area contributed by atoms with E-state index in [0.29, 0.717) is 6.54 Å². The van der Waals surface area contributed by atoms with Gasteiger partial charge in [-0.3, -0.25) is 14.2 Å². The quantitative estimate of drug-likeness (QED) is 0.849. The molecule has 1 heterocycles. The lowest BCUT2D eigenvalue weighted by Gasteiger charge is -2.08. The molecule has 0 fully saturated rings. The van der Waals surface area contributed by atoms with E-state index in [2.05, 4.69) is 17.2 Å². The third kappa shape index (κ3) is 4.84. The van der Waals surface area contributed by atoms with Crippen molar-refractivity contribution < 1.29 is 4.79 Å². The fourth-order valence-electron chi connectivity index (χ4n) is 2.08. The minimum absolute atomic E-state index is 0.00722. The zero-order valence-corrected chi connectivity index (χ0v) is 12.8. The second-order valence-corrected chi connectivity index (χ2v) is 5.21. The molecule has 0 saturated carbocycles. The normalized spacial score (nSPS) is 10.4. The van der Waals surface area contributed by atoms with Gasteiger partial charge in [0.15, 0.2) is 0 Å². The van der Waals surface area contributed by atoms with Crippen LogP contribution in [-0.2, 0) is 24.3 Å². The average Bonchev–Trinajstić information content (AvgIpc) is 2.54. The molecule has 1 aromatic carbocycles. The first-order valence-corrected chi connectivity index (χ1v) is 7.55. The van der Waals surface area contributed by atoms with E-state index in [1.807, 2.05) is 30.3 Å². The van der Waals surface area contributed by atoms with Crippen LogP contribution in [0.4, 0.5) is 0 Å². The Kier molecular flexibility index (Phi) is 5.89. The summed E-state index contributed by atoms with van der Waals surface area (Å²) in [6.45, 7) is 2.54. The number of aryl methyl sites for hydroxylation is 1. The maximum absolute atomic E-state index is 12.0. The highest BCUT2D eigenvalue weighted by molar-refractivity contribution is 5.75. The van der Waals surface area contributed by atoms with Gasteiger partial charge in [0.1, 0.15) is 6.54 Å². The molecular formula is C17H21N3O2. The van der Waals surface area contributed by atoms with Crippen molar-refractivity contribution in [2.45, 2.75) is 39.3 Å². The second-order valence-electron chi connectivity index (χ2n) is 5.21. The average molecular weight is 299 g/mol. The predicted molar refractivity (Wildman–Crippen MR) is 85.4 cm³/mol. The molecule has 5 nitrogen and oxygen atoms in total. The first-order valence-electron chi connectivity index (χ1n) is 7.55. The molecule has 1 aromatic heterocycles. The molecule has 22 heavy (non-hydrogen) atoms. The van der Waals surface area contributed by atoms with Gasteiger partial charge in [0.25, 0.3) is 5.56 Å². The number of nitrogens with one attached hydrogen (secondary N) is 1. The van der Waals surface area contributed by atoms with Gasteiger partial charge < -0.3 is 5.32 Å². The Morgan fingerprint density at radius 1 is 1.27 bits per heavy atom. The molecule has 0 atom stereocenters. The van der Waals surface area contributed by atoms with Crippen molar-refractivity contribution in [2.24, 2.45) is 0 Å². The summed E-state index contributed by atoms with van der Waals surface area (Å²) in [6, 6.07) is 11.2. The maximum atomic E-state index is 12.0. The molecule has 0 radical (unpaired) electrons. The molecule has 0 aliphatic heterocycles. The van der Waals surface area contributed by atoms with E-state index < -0.39 is 0 Å². The van der Waals surface area contributed by atoms with Gasteiger partial charge in [0.05, 0.1) is 6.33 Å². The summed E-state index contributed by atoms with van der Waals surface area (Å²) >= 11 is 0. The summed E-state index contributed by atoms with van der Waals surface area (Å²) in [7, 11) is 0. The SMILES string of the molecule is CCCCc1cc(=O)n(CC(=O)NCc2ccccc2)cn1. The lowest BCUT2D eigenvalue weighted by Crippen LogP contribution is -2.32. The van der Waals surface area contributed by atoms with E-state index in [-0.39, 0.29) is 18.0 Å². The molecule has 0 bridgehead atoms. The topological polar surface area (TPSA) is 64.0 Å². The molecular weight excluding hydrogens is 278 g/mol. The number of aromatic nitrogens is 2. The zero-order valence-electron chi connectivity index (χ0n) is 12.8. The highest BCUT2D eigenvalue weighted by atomic mass is 16.2. The van der Waals surface area contributed by atoms with Crippen molar-refractivity contribution >= 4 is 5.91 Å². The van der Waals surface area contributed by atoms with Crippen molar-refractivity contribution in [2.75, 3.05) is 0 Å². The van der Waals surface area contributed by atoms with Gasteiger partial charge in [-0.05, 0) is 18.4 Å². The van der Waals surface area contributed by atoms with Gasteiger partial charge in [0, 0.05) is 18.3 Å². The van der Waals surface area contributed by atoms with Crippen molar-refractivity contribution in [1.82, 2.24) is 14.9 Å². The molecule has 0 unspecified atom stereocenters. The summed E-state index contributed by atoms with van der Waals surface area (Å²) < 4.78 is 1.33. The summed E-state index contributed by atoms with van der Waals surface area (Å²) in [6.07, 6.45) is 4.32. The van der Waals surface area contributed by atoms with Crippen LogP contribution in [0.25, 0.3) is 0 Å². The standard InChI is InChI=1S/C17H21N3O2/c1-2-3-9-15-10-17(22)20(13-19-15)12-16(21)18-11-14-7-5-4-6-8-14/h4-8,10,13H,2-3,9,11-12H2,1H3,(H,18,21). The van der Waals surface area contributed by atoms with Gasteiger partial charge in [-0.1, -0.05) is 43.7 Å². The smallest absolute Gasteiger partial charge is 0.253 e. The number of hydrogen-bond acceptors (Lipinski definition) is 3. The van der Waals surface area contributed by atoms with Crippen LogP contribution in [-0.4, -0.2) is 15.5 Å². The Bertz CT molecular complexity index is 665.